The molecule has 1 heterocycles. The molecule has 1 rings (SSSR count). The fraction of sp³-hybridized carbons (Fsp3) is 0.286. The van der Waals surface area contributed by atoms with Gasteiger partial charge < -0.3 is 5.11 Å². The van der Waals surface area contributed by atoms with E-state index in [2.05, 4.69) is 21.0 Å². The summed E-state index contributed by atoms with van der Waals surface area (Å²) < 4.78 is 1.88. The molecule has 0 saturated carbocycles. The molecule has 0 aliphatic carbocycles. The van der Waals surface area contributed by atoms with Gasteiger partial charge >= 0.3 is 5.97 Å². The highest BCUT2D eigenvalue weighted by Crippen LogP contribution is 2.20. The Hall–Kier alpha value is -1.17. The molecule has 1 aromatic rings. The van der Waals surface area contributed by atoms with Crippen LogP contribution in [0, 0.1) is 6.92 Å². The van der Waals surface area contributed by atoms with E-state index in [1.807, 2.05) is 0 Å². The standard InChI is InChI=1S/C7H7BrN2O3/c1-3-4(8)5(9-10(3)2)6(11)7(12)13/h1-2H3,(H,12,13). The molecule has 0 bridgehead atoms. The monoisotopic (exact) mass is 246 g/mol. The van der Waals surface area contributed by atoms with Crippen molar-refractivity contribution in [3.8, 4) is 0 Å². The highest BCUT2D eigenvalue weighted by atomic mass is 79.9. The summed E-state index contributed by atoms with van der Waals surface area (Å²) in [5.74, 6) is -2.51. The molecule has 0 spiro atoms. The SMILES string of the molecule is Cc1c(Br)c(C(=O)C(=O)O)nn1C. The summed E-state index contributed by atoms with van der Waals surface area (Å²) >= 11 is 3.10. The molecule has 1 aromatic heterocycles. The first-order chi connectivity index (χ1) is 5.95. The zero-order valence-electron chi connectivity index (χ0n) is 7.04. The smallest absolute Gasteiger partial charge is 0.379 e. The Kier molecular flexibility index (Phi) is 2.51. The zero-order valence-corrected chi connectivity index (χ0v) is 8.62. The topological polar surface area (TPSA) is 72.2 Å². The number of ketones is 1. The average Bonchev–Trinajstić information content (AvgIpc) is 2.31. The third-order valence-corrected chi connectivity index (χ3v) is 2.62. The third-order valence-electron chi connectivity index (χ3n) is 1.67. The average molecular weight is 247 g/mol. The second kappa shape index (κ2) is 3.29. The van der Waals surface area contributed by atoms with Crippen molar-refractivity contribution in [3.05, 3.63) is 15.9 Å². The van der Waals surface area contributed by atoms with Gasteiger partial charge in [0.05, 0.1) is 4.47 Å². The van der Waals surface area contributed by atoms with Crippen LogP contribution in [0.15, 0.2) is 4.47 Å². The minimum atomic E-state index is -1.50. The summed E-state index contributed by atoms with van der Waals surface area (Å²) in [4.78, 5) is 21.4. The summed E-state index contributed by atoms with van der Waals surface area (Å²) in [6, 6.07) is 0. The first-order valence-electron chi connectivity index (χ1n) is 3.42. The van der Waals surface area contributed by atoms with Gasteiger partial charge in [0.25, 0.3) is 5.78 Å². The van der Waals surface area contributed by atoms with Crippen LogP contribution in [0.1, 0.15) is 16.2 Å². The maximum absolute atomic E-state index is 11.0. The van der Waals surface area contributed by atoms with Crippen molar-refractivity contribution in [1.82, 2.24) is 9.78 Å². The molecule has 0 unspecified atom stereocenters. The normalized spacial score (nSPS) is 10.1. The van der Waals surface area contributed by atoms with Crippen LogP contribution in [0.5, 0.6) is 0 Å². The molecule has 0 aliphatic heterocycles. The number of carboxylic acids is 1. The van der Waals surface area contributed by atoms with Gasteiger partial charge in [-0.2, -0.15) is 5.10 Å². The lowest BCUT2D eigenvalue weighted by atomic mass is 10.3. The van der Waals surface area contributed by atoms with Crippen molar-refractivity contribution < 1.29 is 14.7 Å². The van der Waals surface area contributed by atoms with Crippen molar-refractivity contribution in [2.45, 2.75) is 6.92 Å². The number of rotatable bonds is 2. The van der Waals surface area contributed by atoms with E-state index < -0.39 is 11.8 Å². The summed E-state index contributed by atoms with van der Waals surface area (Å²) in [6.07, 6.45) is 0. The van der Waals surface area contributed by atoms with E-state index >= 15 is 0 Å². The van der Waals surface area contributed by atoms with Crippen molar-refractivity contribution >= 4 is 27.7 Å². The van der Waals surface area contributed by atoms with E-state index in [-0.39, 0.29) is 5.69 Å². The molecule has 0 aliphatic rings. The van der Waals surface area contributed by atoms with Gasteiger partial charge in [-0.3, -0.25) is 9.48 Å². The van der Waals surface area contributed by atoms with Gasteiger partial charge in [0, 0.05) is 12.7 Å². The Labute approximate surface area is 82.5 Å². The van der Waals surface area contributed by atoms with Crippen LogP contribution in [-0.4, -0.2) is 26.6 Å². The Morgan fingerprint density at radius 3 is 2.38 bits per heavy atom. The molecule has 1 N–H and O–H groups in total. The predicted molar refractivity (Wildman–Crippen MR) is 47.6 cm³/mol. The van der Waals surface area contributed by atoms with E-state index in [1.165, 1.54) is 4.68 Å². The second-order valence-electron chi connectivity index (χ2n) is 2.51. The van der Waals surface area contributed by atoms with E-state index in [9.17, 15) is 9.59 Å². The maximum atomic E-state index is 11.0. The fourth-order valence-corrected chi connectivity index (χ4v) is 1.34. The summed E-state index contributed by atoms with van der Waals surface area (Å²) in [6.45, 7) is 1.73. The fourth-order valence-electron chi connectivity index (χ4n) is 0.829. The molecule has 70 valence electrons. The molecule has 0 aromatic carbocycles. The molecule has 5 nitrogen and oxygen atoms in total. The number of hydrogen-bond donors (Lipinski definition) is 1. The molecule has 0 amide bonds. The van der Waals surface area contributed by atoms with Crippen molar-refractivity contribution in [3.63, 3.8) is 0 Å². The van der Waals surface area contributed by atoms with E-state index in [0.717, 1.165) is 0 Å². The molecule has 0 saturated heterocycles. The first kappa shape index (κ1) is 9.91. The number of nitrogens with zero attached hydrogens (tertiary/aromatic N) is 2. The third kappa shape index (κ3) is 1.62. The van der Waals surface area contributed by atoms with Crippen LogP contribution >= 0.6 is 15.9 Å². The second-order valence-corrected chi connectivity index (χ2v) is 3.30. The number of carboxylic acid groups (broad SMARTS) is 1. The van der Waals surface area contributed by atoms with Gasteiger partial charge in [-0.25, -0.2) is 4.79 Å². The van der Waals surface area contributed by atoms with Crippen LogP contribution in [-0.2, 0) is 11.8 Å². The van der Waals surface area contributed by atoms with Crippen molar-refractivity contribution in [2.75, 3.05) is 0 Å². The molecule has 0 radical (unpaired) electrons. The molecule has 0 atom stereocenters. The van der Waals surface area contributed by atoms with Gasteiger partial charge in [-0.1, -0.05) is 0 Å². The van der Waals surface area contributed by atoms with E-state index in [1.54, 1.807) is 14.0 Å². The number of aliphatic carboxylic acids is 1. The quantitative estimate of drug-likeness (QED) is 0.618. The van der Waals surface area contributed by atoms with Crippen LogP contribution in [0.3, 0.4) is 0 Å². The largest absolute Gasteiger partial charge is 0.475 e. The lowest BCUT2D eigenvalue weighted by Crippen LogP contribution is -2.14. The minimum Gasteiger partial charge on any atom is -0.475 e. The van der Waals surface area contributed by atoms with Gasteiger partial charge in [-0.05, 0) is 22.9 Å². The number of Topliss-reactive ketones (excluding diaryl/α,β-unsaturated/α-hetero) is 1. The predicted octanol–water partition coefficient (Wildman–Crippen LogP) is 0.758. The van der Waals surface area contributed by atoms with Gasteiger partial charge in [0.2, 0.25) is 0 Å². The highest BCUT2D eigenvalue weighted by molar-refractivity contribution is 9.10. The number of aryl methyl sites for hydroxylation is 1. The van der Waals surface area contributed by atoms with Crippen LogP contribution in [0.2, 0.25) is 0 Å². The summed E-state index contributed by atoms with van der Waals surface area (Å²) in [7, 11) is 1.64. The van der Waals surface area contributed by atoms with Crippen LogP contribution < -0.4 is 0 Å². The van der Waals surface area contributed by atoms with Gasteiger partial charge in [-0.15, -0.1) is 0 Å². The lowest BCUT2D eigenvalue weighted by molar-refractivity contribution is -0.131. The van der Waals surface area contributed by atoms with Gasteiger partial charge in [0.15, 0.2) is 5.69 Å². The van der Waals surface area contributed by atoms with Crippen LogP contribution in [0.4, 0.5) is 0 Å². The zero-order chi connectivity index (χ0) is 10.2. The first-order valence-corrected chi connectivity index (χ1v) is 4.21. The maximum Gasteiger partial charge on any atom is 0.379 e. The molecular weight excluding hydrogens is 240 g/mol. The number of aromatic nitrogens is 2. The molecule has 13 heavy (non-hydrogen) atoms. The summed E-state index contributed by atoms with van der Waals surface area (Å²) in [5, 5.41) is 12.2. The number of carbonyl (C=O) groups is 2. The number of halogens is 1. The van der Waals surface area contributed by atoms with Crippen LogP contribution in [0.25, 0.3) is 0 Å². The summed E-state index contributed by atoms with van der Waals surface area (Å²) in [5.41, 5.74) is 0.650. The molecular formula is C7H7BrN2O3. The number of hydrogen-bond acceptors (Lipinski definition) is 3. The number of carbonyl (C=O) groups excluding carboxylic acids is 1. The molecule has 6 heteroatoms. The Morgan fingerprint density at radius 2 is 2.08 bits per heavy atom. The highest BCUT2D eigenvalue weighted by Gasteiger charge is 2.23. The van der Waals surface area contributed by atoms with Crippen molar-refractivity contribution in [2.24, 2.45) is 7.05 Å². The van der Waals surface area contributed by atoms with Crippen molar-refractivity contribution in [1.29, 1.82) is 0 Å². The van der Waals surface area contributed by atoms with Gasteiger partial charge in [0.1, 0.15) is 0 Å². The molecule has 0 fully saturated rings. The lowest BCUT2D eigenvalue weighted by Gasteiger charge is -1.89. The van der Waals surface area contributed by atoms with E-state index in [4.69, 9.17) is 5.11 Å². The minimum absolute atomic E-state index is 0.0625. The Morgan fingerprint density at radius 1 is 1.54 bits per heavy atom. The Bertz CT molecular complexity index is 383. The van der Waals surface area contributed by atoms with E-state index in [0.29, 0.717) is 10.2 Å². The Balaban J connectivity index is 3.24.